The fraction of sp³-hybridized carbons (Fsp3) is 0.417. The molecule has 0 aliphatic heterocycles. The molecule has 2 aromatic carbocycles. The van der Waals surface area contributed by atoms with Crippen molar-refractivity contribution < 1.29 is 14.3 Å². The monoisotopic (exact) mass is 411 g/mol. The molecule has 0 heterocycles. The Morgan fingerprint density at radius 3 is 2.48 bits per heavy atom. The first kappa shape index (κ1) is 21.4. The fourth-order valence-corrected chi connectivity index (χ4v) is 4.43. The summed E-state index contributed by atoms with van der Waals surface area (Å²) in [4.78, 5) is 25.1. The first-order chi connectivity index (χ1) is 13.8. The van der Waals surface area contributed by atoms with Crippen molar-refractivity contribution in [2.45, 2.75) is 58.1 Å². The van der Waals surface area contributed by atoms with Crippen molar-refractivity contribution in [1.29, 1.82) is 0 Å². The van der Waals surface area contributed by atoms with E-state index in [1.54, 1.807) is 0 Å². The Kier molecular flexibility index (Phi) is 6.68. The number of carbonyl (C=O) groups excluding carboxylic acids is 2. The fourth-order valence-electron chi connectivity index (χ4n) is 3.73. The minimum atomic E-state index is -0.547. The van der Waals surface area contributed by atoms with Gasteiger partial charge in [0.2, 0.25) is 0 Å². The molecular weight excluding hydrogens is 382 g/mol. The number of hydrogen-bond donors (Lipinski definition) is 1. The van der Waals surface area contributed by atoms with Crippen molar-refractivity contribution in [3.63, 3.8) is 0 Å². The predicted molar refractivity (Wildman–Crippen MR) is 119 cm³/mol. The number of hydrogen-bond acceptors (Lipinski definition) is 4. The second kappa shape index (κ2) is 9.04. The lowest BCUT2D eigenvalue weighted by Gasteiger charge is -2.32. The molecule has 29 heavy (non-hydrogen) atoms. The lowest BCUT2D eigenvalue weighted by Crippen LogP contribution is -2.43. The number of ether oxygens (including phenoxy) is 1. The molecule has 2 aromatic rings. The summed E-state index contributed by atoms with van der Waals surface area (Å²) in [6, 6.07) is 16.4. The standard InChI is InChI=1S/C24H29NO3S/c1-5-29-22(26)21-15-19(25-23(27)28-24(2,3)4)13-18-12-11-17(14-20(18)21)16-9-7-6-8-10-16/h6-12,14,19,21H,5,13,15H2,1-4H3,(H,25,27). The molecule has 2 unspecified atom stereocenters. The van der Waals surface area contributed by atoms with Gasteiger partial charge in [0.25, 0.3) is 0 Å². The van der Waals surface area contributed by atoms with E-state index in [-0.39, 0.29) is 17.1 Å². The molecule has 1 aliphatic carbocycles. The second-order valence-electron chi connectivity index (χ2n) is 8.37. The third-order valence-electron chi connectivity index (χ3n) is 4.91. The maximum absolute atomic E-state index is 12.9. The number of nitrogens with one attached hydrogen (secondary N) is 1. The van der Waals surface area contributed by atoms with Crippen molar-refractivity contribution in [2.75, 3.05) is 5.75 Å². The van der Waals surface area contributed by atoms with E-state index in [0.29, 0.717) is 12.8 Å². The Hall–Kier alpha value is -2.27. The third kappa shape index (κ3) is 5.63. The molecular formula is C24H29NO3S. The molecule has 0 aromatic heterocycles. The van der Waals surface area contributed by atoms with Gasteiger partial charge in [-0.25, -0.2) is 4.79 Å². The van der Waals surface area contributed by atoms with Crippen molar-refractivity contribution in [1.82, 2.24) is 5.32 Å². The van der Waals surface area contributed by atoms with Gasteiger partial charge in [-0.1, -0.05) is 67.2 Å². The summed E-state index contributed by atoms with van der Waals surface area (Å²) in [5.41, 5.74) is 3.90. The summed E-state index contributed by atoms with van der Waals surface area (Å²) in [6.07, 6.45) is 0.863. The normalized spacial score (nSPS) is 18.6. The molecule has 4 nitrogen and oxygen atoms in total. The van der Waals surface area contributed by atoms with Crippen molar-refractivity contribution in [3.8, 4) is 11.1 Å². The Morgan fingerprint density at radius 2 is 1.83 bits per heavy atom. The summed E-state index contributed by atoms with van der Waals surface area (Å²) in [5.74, 6) is 0.514. The molecule has 0 saturated heterocycles. The summed E-state index contributed by atoms with van der Waals surface area (Å²) in [5, 5.41) is 3.13. The van der Waals surface area contributed by atoms with Gasteiger partial charge in [-0.3, -0.25) is 4.79 Å². The van der Waals surface area contributed by atoms with Crippen LogP contribution in [0.3, 0.4) is 0 Å². The highest BCUT2D eigenvalue weighted by atomic mass is 32.2. The Morgan fingerprint density at radius 1 is 1.10 bits per heavy atom. The Balaban J connectivity index is 1.88. The number of amides is 1. The van der Waals surface area contributed by atoms with E-state index in [1.807, 2.05) is 45.9 Å². The summed E-state index contributed by atoms with van der Waals surface area (Å²) >= 11 is 1.35. The lowest BCUT2D eigenvalue weighted by molar-refractivity contribution is -0.112. The Bertz CT molecular complexity index is 873. The van der Waals surface area contributed by atoms with Gasteiger partial charge in [0.15, 0.2) is 5.12 Å². The molecule has 0 radical (unpaired) electrons. The van der Waals surface area contributed by atoms with Gasteiger partial charge in [0, 0.05) is 6.04 Å². The Labute approximate surface area is 177 Å². The SMILES string of the molecule is CCSC(=O)C1CC(NC(=O)OC(C)(C)C)Cc2ccc(-c3ccccc3)cc21. The molecule has 1 amide bonds. The van der Waals surface area contributed by atoms with E-state index in [1.165, 1.54) is 11.8 Å². The van der Waals surface area contributed by atoms with Crippen LogP contribution in [0.1, 0.15) is 51.2 Å². The largest absolute Gasteiger partial charge is 0.444 e. The van der Waals surface area contributed by atoms with E-state index in [9.17, 15) is 9.59 Å². The number of carbonyl (C=O) groups is 2. The average Bonchev–Trinajstić information content (AvgIpc) is 2.66. The van der Waals surface area contributed by atoms with Crippen LogP contribution in [-0.2, 0) is 16.0 Å². The topological polar surface area (TPSA) is 55.4 Å². The van der Waals surface area contributed by atoms with Crippen LogP contribution in [0.15, 0.2) is 48.5 Å². The zero-order valence-corrected chi connectivity index (χ0v) is 18.3. The minimum absolute atomic E-state index is 0.119. The van der Waals surface area contributed by atoms with Gasteiger partial charge in [-0.15, -0.1) is 0 Å². The van der Waals surface area contributed by atoms with E-state index >= 15 is 0 Å². The number of alkyl carbamates (subject to hydrolysis) is 1. The maximum Gasteiger partial charge on any atom is 0.407 e. The van der Waals surface area contributed by atoms with Crippen LogP contribution in [0.25, 0.3) is 11.1 Å². The molecule has 2 atom stereocenters. The first-order valence-corrected chi connectivity index (χ1v) is 11.1. The van der Waals surface area contributed by atoms with Crippen LogP contribution in [0.4, 0.5) is 4.79 Å². The van der Waals surface area contributed by atoms with E-state index in [2.05, 4.69) is 35.6 Å². The number of rotatable bonds is 4. The van der Waals surface area contributed by atoms with Crippen LogP contribution in [0, 0.1) is 0 Å². The molecule has 0 fully saturated rings. The number of fused-ring (bicyclic) bond motifs is 1. The second-order valence-corrected chi connectivity index (χ2v) is 9.64. The van der Waals surface area contributed by atoms with Crippen molar-refractivity contribution >= 4 is 23.0 Å². The quantitative estimate of drug-likeness (QED) is 0.716. The molecule has 0 bridgehead atoms. The van der Waals surface area contributed by atoms with E-state index in [4.69, 9.17) is 4.74 Å². The molecule has 1 aliphatic rings. The summed E-state index contributed by atoms with van der Waals surface area (Å²) in [6.45, 7) is 7.53. The highest BCUT2D eigenvalue weighted by Gasteiger charge is 2.33. The highest BCUT2D eigenvalue weighted by molar-refractivity contribution is 8.13. The number of thioether (sulfide) groups is 1. The van der Waals surface area contributed by atoms with Gasteiger partial charge < -0.3 is 10.1 Å². The van der Waals surface area contributed by atoms with Crippen LogP contribution >= 0.6 is 11.8 Å². The summed E-state index contributed by atoms with van der Waals surface area (Å²) < 4.78 is 5.41. The van der Waals surface area contributed by atoms with Crippen molar-refractivity contribution in [3.05, 3.63) is 59.7 Å². The highest BCUT2D eigenvalue weighted by Crippen LogP contribution is 2.37. The smallest absolute Gasteiger partial charge is 0.407 e. The lowest BCUT2D eigenvalue weighted by atomic mass is 9.79. The van der Waals surface area contributed by atoms with Crippen LogP contribution < -0.4 is 5.32 Å². The van der Waals surface area contributed by atoms with Gasteiger partial charge >= 0.3 is 6.09 Å². The van der Waals surface area contributed by atoms with Crippen LogP contribution in [-0.4, -0.2) is 28.6 Å². The number of benzene rings is 2. The van der Waals surface area contributed by atoms with Crippen molar-refractivity contribution in [2.24, 2.45) is 0 Å². The van der Waals surface area contributed by atoms with Gasteiger partial charge in [-0.05, 0) is 61.6 Å². The van der Waals surface area contributed by atoms with Crippen LogP contribution in [0.2, 0.25) is 0 Å². The minimum Gasteiger partial charge on any atom is -0.444 e. The molecule has 154 valence electrons. The third-order valence-corrected chi connectivity index (χ3v) is 5.76. The predicted octanol–water partition coefficient (Wildman–Crippen LogP) is 5.56. The van der Waals surface area contributed by atoms with E-state index < -0.39 is 11.7 Å². The van der Waals surface area contributed by atoms with Gasteiger partial charge in [0.05, 0.1) is 5.92 Å². The molecule has 5 heteroatoms. The van der Waals surface area contributed by atoms with E-state index in [0.717, 1.165) is 28.0 Å². The molecule has 0 spiro atoms. The first-order valence-electron chi connectivity index (χ1n) is 10.1. The zero-order valence-electron chi connectivity index (χ0n) is 17.5. The molecule has 0 saturated carbocycles. The molecule has 3 rings (SSSR count). The average molecular weight is 412 g/mol. The van der Waals surface area contributed by atoms with Gasteiger partial charge in [0.1, 0.15) is 5.60 Å². The zero-order chi connectivity index (χ0) is 21.0. The molecule has 1 N–H and O–H groups in total. The maximum atomic E-state index is 12.9. The summed E-state index contributed by atoms with van der Waals surface area (Å²) in [7, 11) is 0. The van der Waals surface area contributed by atoms with Crippen LogP contribution in [0.5, 0.6) is 0 Å². The van der Waals surface area contributed by atoms with Gasteiger partial charge in [-0.2, -0.15) is 0 Å².